The Balaban J connectivity index is 2.22. The van der Waals surface area contributed by atoms with Gasteiger partial charge in [0, 0.05) is 29.1 Å². The van der Waals surface area contributed by atoms with Crippen molar-refractivity contribution in [2.75, 3.05) is 0 Å². The number of hydrogen-bond acceptors (Lipinski definition) is 3. The van der Waals surface area contributed by atoms with Crippen molar-refractivity contribution in [2.24, 2.45) is 0 Å². The maximum absolute atomic E-state index is 13.9. The van der Waals surface area contributed by atoms with Crippen LogP contribution in [0, 0.1) is 11.6 Å². The predicted octanol–water partition coefficient (Wildman–Crippen LogP) is 3.48. The van der Waals surface area contributed by atoms with Gasteiger partial charge in [0.15, 0.2) is 0 Å². The van der Waals surface area contributed by atoms with Crippen LogP contribution in [0.4, 0.5) is 8.78 Å². The van der Waals surface area contributed by atoms with Crippen LogP contribution < -0.4 is 0 Å². The largest absolute Gasteiger partial charge is 0.262 e. The third-order valence-electron chi connectivity index (χ3n) is 2.87. The second-order valence-corrected chi connectivity index (χ2v) is 4.15. The second kappa shape index (κ2) is 5.13. The Morgan fingerprint density at radius 3 is 2.60 bits per heavy atom. The van der Waals surface area contributed by atoms with E-state index in [4.69, 9.17) is 0 Å². The molecule has 0 amide bonds. The van der Waals surface area contributed by atoms with Crippen LogP contribution >= 0.6 is 0 Å². The van der Waals surface area contributed by atoms with Gasteiger partial charge in [0.2, 0.25) is 0 Å². The van der Waals surface area contributed by atoms with E-state index in [0.29, 0.717) is 22.4 Å². The maximum Gasteiger partial charge on any atom is 0.149 e. The molecule has 0 saturated heterocycles. The Bertz CT molecular complexity index is 759. The highest BCUT2D eigenvalue weighted by Gasteiger charge is 2.13. The normalized spacial score (nSPS) is 10.5. The molecule has 0 bridgehead atoms. The van der Waals surface area contributed by atoms with Crippen LogP contribution in [-0.4, -0.2) is 15.0 Å². The molecule has 0 fully saturated rings. The molecule has 3 aromatic rings. The lowest BCUT2D eigenvalue weighted by Crippen LogP contribution is -1.94. The smallest absolute Gasteiger partial charge is 0.149 e. The van der Waals surface area contributed by atoms with Gasteiger partial charge in [-0.3, -0.25) is 4.98 Å². The Hall–Kier alpha value is -2.69. The Morgan fingerprint density at radius 2 is 1.80 bits per heavy atom. The van der Waals surface area contributed by atoms with Crippen LogP contribution in [0.1, 0.15) is 0 Å². The summed E-state index contributed by atoms with van der Waals surface area (Å²) < 4.78 is 27.2. The van der Waals surface area contributed by atoms with Gasteiger partial charge in [-0.15, -0.1) is 0 Å². The highest BCUT2D eigenvalue weighted by Crippen LogP contribution is 2.30. The molecule has 2 heterocycles. The molecule has 0 aliphatic heterocycles. The van der Waals surface area contributed by atoms with E-state index in [1.807, 2.05) is 0 Å². The molecule has 3 rings (SSSR count). The zero-order valence-electron chi connectivity index (χ0n) is 10.3. The standard InChI is InChI=1S/C15H9F2N3/c16-11-3-1-2-10(6-11)15-13(7-19-9-20-15)12-4-5-18-8-14(12)17/h1-9H. The minimum Gasteiger partial charge on any atom is -0.262 e. The number of rotatable bonds is 2. The lowest BCUT2D eigenvalue weighted by atomic mass is 10.0. The van der Waals surface area contributed by atoms with Crippen LogP contribution in [0.2, 0.25) is 0 Å². The summed E-state index contributed by atoms with van der Waals surface area (Å²) in [7, 11) is 0. The molecule has 0 aliphatic rings. The maximum atomic E-state index is 13.9. The molecule has 0 aliphatic carbocycles. The van der Waals surface area contributed by atoms with E-state index in [0.717, 1.165) is 6.20 Å². The number of benzene rings is 1. The molecule has 0 saturated carbocycles. The summed E-state index contributed by atoms with van der Waals surface area (Å²) in [4.78, 5) is 11.8. The fraction of sp³-hybridized carbons (Fsp3) is 0. The van der Waals surface area contributed by atoms with Crippen molar-refractivity contribution in [3.8, 4) is 22.4 Å². The zero-order chi connectivity index (χ0) is 13.9. The monoisotopic (exact) mass is 269 g/mol. The van der Waals surface area contributed by atoms with Crippen molar-refractivity contribution in [3.05, 3.63) is 66.9 Å². The lowest BCUT2D eigenvalue weighted by Gasteiger charge is -2.08. The van der Waals surface area contributed by atoms with Crippen molar-refractivity contribution in [2.45, 2.75) is 0 Å². The lowest BCUT2D eigenvalue weighted by molar-refractivity contribution is 0.625. The summed E-state index contributed by atoms with van der Waals surface area (Å²) in [6.07, 6.45) is 5.47. The first-order valence-electron chi connectivity index (χ1n) is 5.91. The van der Waals surface area contributed by atoms with Gasteiger partial charge in [-0.2, -0.15) is 0 Å². The molecular formula is C15H9F2N3. The highest BCUT2D eigenvalue weighted by atomic mass is 19.1. The topological polar surface area (TPSA) is 38.7 Å². The number of pyridine rings is 1. The van der Waals surface area contributed by atoms with Crippen molar-refractivity contribution >= 4 is 0 Å². The van der Waals surface area contributed by atoms with Crippen molar-refractivity contribution < 1.29 is 8.78 Å². The fourth-order valence-corrected chi connectivity index (χ4v) is 1.99. The number of hydrogen-bond donors (Lipinski definition) is 0. The summed E-state index contributed by atoms with van der Waals surface area (Å²) in [5, 5.41) is 0. The summed E-state index contributed by atoms with van der Waals surface area (Å²) in [5.74, 6) is -0.845. The van der Waals surface area contributed by atoms with E-state index in [1.54, 1.807) is 12.1 Å². The number of aromatic nitrogens is 3. The quantitative estimate of drug-likeness (QED) is 0.715. The molecule has 2 aromatic heterocycles. The first-order chi connectivity index (χ1) is 9.75. The highest BCUT2D eigenvalue weighted by molar-refractivity contribution is 5.79. The first-order valence-corrected chi connectivity index (χ1v) is 5.91. The Kier molecular flexibility index (Phi) is 3.16. The van der Waals surface area contributed by atoms with Gasteiger partial charge in [-0.1, -0.05) is 12.1 Å². The van der Waals surface area contributed by atoms with Crippen LogP contribution in [-0.2, 0) is 0 Å². The fourth-order valence-electron chi connectivity index (χ4n) is 1.99. The van der Waals surface area contributed by atoms with Crippen molar-refractivity contribution in [1.29, 1.82) is 0 Å². The molecule has 5 heteroatoms. The summed E-state index contributed by atoms with van der Waals surface area (Å²) in [6.45, 7) is 0. The van der Waals surface area contributed by atoms with Gasteiger partial charge in [-0.05, 0) is 18.2 Å². The van der Waals surface area contributed by atoms with Crippen LogP contribution in [0.3, 0.4) is 0 Å². The van der Waals surface area contributed by atoms with Gasteiger partial charge in [-0.25, -0.2) is 18.7 Å². The van der Waals surface area contributed by atoms with Crippen molar-refractivity contribution in [3.63, 3.8) is 0 Å². The molecule has 0 unspecified atom stereocenters. The van der Waals surface area contributed by atoms with Gasteiger partial charge < -0.3 is 0 Å². The molecule has 0 radical (unpaired) electrons. The summed E-state index contributed by atoms with van der Waals surface area (Å²) in [6, 6.07) is 7.53. The number of nitrogens with zero attached hydrogens (tertiary/aromatic N) is 3. The average molecular weight is 269 g/mol. The Labute approximate surface area is 114 Å². The minimum absolute atomic E-state index is 0.333. The first kappa shape index (κ1) is 12.3. The van der Waals surface area contributed by atoms with E-state index < -0.39 is 5.82 Å². The summed E-state index contributed by atoms with van der Waals surface area (Å²) in [5.41, 5.74) is 1.88. The molecule has 0 N–H and O–H groups in total. The summed E-state index contributed by atoms with van der Waals surface area (Å²) >= 11 is 0. The third-order valence-corrected chi connectivity index (χ3v) is 2.87. The van der Waals surface area contributed by atoms with Crippen LogP contribution in [0.5, 0.6) is 0 Å². The molecule has 0 atom stereocenters. The number of halogens is 2. The molecule has 20 heavy (non-hydrogen) atoms. The second-order valence-electron chi connectivity index (χ2n) is 4.15. The zero-order valence-corrected chi connectivity index (χ0v) is 10.3. The minimum atomic E-state index is -0.472. The van der Waals surface area contributed by atoms with E-state index in [-0.39, 0.29) is 5.82 Å². The van der Waals surface area contributed by atoms with Crippen molar-refractivity contribution in [1.82, 2.24) is 15.0 Å². The molecule has 3 nitrogen and oxygen atoms in total. The van der Waals surface area contributed by atoms with E-state index >= 15 is 0 Å². The molecule has 1 aromatic carbocycles. The molecule has 0 spiro atoms. The Morgan fingerprint density at radius 1 is 0.900 bits per heavy atom. The van der Waals surface area contributed by atoms with Gasteiger partial charge in [0.25, 0.3) is 0 Å². The van der Waals surface area contributed by atoms with Gasteiger partial charge in [0.05, 0.1) is 11.9 Å². The average Bonchev–Trinajstić information content (AvgIpc) is 2.48. The van der Waals surface area contributed by atoms with Gasteiger partial charge >= 0.3 is 0 Å². The SMILES string of the molecule is Fc1cccc(-c2ncncc2-c2ccncc2F)c1. The van der Waals surface area contributed by atoms with Gasteiger partial charge in [0.1, 0.15) is 18.0 Å². The van der Waals surface area contributed by atoms with Crippen LogP contribution in [0.15, 0.2) is 55.2 Å². The van der Waals surface area contributed by atoms with Crippen LogP contribution in [0.25, 0.3) is 22.4 Å². The third kappa shape index (κ3) is 2.25. The molecule has 98 valence electrons. The van der Waals surface area contributed by atoms with E-state index in [9.17, 15) is 8.78 Å². The predicted molar refractivity (Wildman–Crippen MR) is 70.6 cm³/mol. The van der Waals surface area contributed by atoms with E-state index in [1.165, 1.54) is 36.9 Å². The molecular weight excluding hydrogens is 260 g/mol. The van der Waals surface area contributed by atoms with E-state index in [2.05, 4.69) is 15.0 Å².